The molecule has 0 unspecified atom stereocenters. The molecule has 0 radical (unpaired) electrons. The highest BCUT2D eigenvalue weighted by molar-refractivity contribution is 6.13. The molecule has 3 aromatic heterocycles. The smallest absolute Gasteiger partial charge is 0.143 e. The largest absolute Gasteiger partial charge is 0.455 e. The van der Waals surface area contributed by atoms with Gasteiger partial charge in [-0.05, 0) is 48.5 Å². The SMILES string of the molecule is c1ccc(-n2c3ccccc3c3ccccc32)c(-c2cccc3c2oc2ccc(-n4c5ccccc5c5ccccc54)cc23)c1. The van der Waals surface area contributed by atoms with Crippen LogP contribution in [0.15, 0.2) is 162 Å². The summed E-state index contributed by atoms with van der Waals surface area (Å²) in [4.78, 5) is 0. The molecule has 3 nitrogen and oxygen atoms in total. The molecule has 3 heteroatoms. The third-order valence-corrected chi connectivity index (χ3v) is 9.33. The van der Waals surface area contributed by atoms with Crippen LogP contribution in [0.4, 0.5) is 0 Å². The summed E-state index contributed by atoms with van der Waals surface area (Å²) in [6.07, 6.45) is 0. The molecule has 0 aliphatic heterocycles. The molecule has 0 saturated carbocycles. The van der Waals surface area contributed by atoms with Gasteiger partial charge in [0.05, 0.1) is 27.8 Å². The lowest BCUT2D eigenvalue weighted by atomic mass is 10.00. The van der Waals surface area contributed by atoms with E-state index in [-0.39, 0.29) is 0 Å². The Balaban J connectivity index is 1.22. The zero-order valence-corrected chi connectivity index (χ0v) is 24.3. The maximum atomic E-state index is 6.71. The Morgan fingerprint density at radius 2 is 0.844 bits per heavy atom. The number of aromatic nitrogens is 2. The second-order valence-corrected chi connectivity index (χ2v) is 11.7. The van der Waals surface area contributed by atoms with E-state index in [9.17, 15) is 0 Å². The van der Waals surface area contributed by atoms with E-state index in [1.807, 2.05) is 0 Å². The maximum Gasteiger partial charge on any atom is 0.143 e. The molecule has 0 N–H and O–H groups in total. The molecule has 10 rings (SSSR count). The zero-order chi connectivity index (χ0) is 29.5. The first kappa shape index (κ1) is 24.4. The lowest BCUT2D eigenvalue weighted by Gasteiger charge is -2.14. The third kappa shape index (κ3) is 3.41. The lowest BCUT2D eigenvalue weighted by Crippen LogP contribution is -1.97. The van der Waals surface area contributed by atoms with Crippen molar-refractivity contribution in [3.05, 3.63) is 158 Å². The van der Waals surface area contributed by atoms with Crippen molar-refractivity contribution in [3.63, 3.8) is 0 Å². The van der Waals surface area contributed by atoms with E-state index < -0.39 is 0 Å². The standard InChI is InChI=1S/C42H26N2O/c1-6-19-36-28(12-1)29-13-2-7-20-37(29)43(36)27-24-25-41-35(26-27)34-18-11-17-33(42(34)45-41)32-16-5-10-23-40(32)44-38-21-8-3-14-30(38)31-15-4-9-22-39(31)44/h1-26H. The Labute approximate surface area is 258 Å². The molecule has 0 spiro atoms. The van der Waals surface area contributed by atoms with Crippen LogP contribution >= 0.6 is 0 Å². The molecule has 0 saturated heterocycles. The highest BCUT2D eigenvalue weighted by atomic mass is 16.3. The lowest BCUT2D eigenvalue weighted by molar-refractivity contribution is 0.670. The molecule has 10 aromatic rings. The van der Waals surface area contributed by atoms with Crippen LogP contribution in [-0.2, 0) is 0 Å². The fourth-order valence-corrected chi connectivity index (χ4v) is 7.42. The number of benzene rings is 7. The molecule has 45 heavy (non-hydrogen) atoms. The van der Waals surface area contributed by atoms with Gasteiger partial charge in [-0.1, -0.05) is 109 Å². The highest BCUT2D eigenvalue weighted by Crippen LogP contribution is 2.41. The summed E-state index contributed by atoms with van der Waals surface area (Å²) in [6, 6.07) is 56.4. The third-order valence-electron chi connectivity index (χ3n) is 9.33. The van der Waals surface area contributed by atoms with Gasteiger partial charge in [0.25, 0.3) is 0 Å². The first-order chi connectivity index (χ1) is 22.3. The normalized spacial score (nSPS) is 12.0. The van der Waals surface area contributed by atoms with Gasteiger partial charge in [-0.15, -0.1) is 0 Å². The molecule has 0 aliphatic carbocycles. The first-order valence-electron chi connectivity index (χ1n) is 15.4. The van der Waals surface area contributed by atoms with Gasteiger partial charge in [0.1, 0.15) is 11.2 Å². The second-order valence-electron chi connectivity index (χ2n) is 11.7. The number of para-hydroxylation sites is 6. The number of hydrogen-bond donors (Lipinski definition) is 0. The van der Waals surface area contributed by atoms with Crippen molar-refractivity contribution in [2.24, 2.45) is 0 Å². The maximum absolute atomic E-state index is 6.71. The summed E-state index contributed by atoms with van der Waals surface area (Å²) in [5.41, 5.74) is 11.1. The number of nitrogens with zero attached hydrogens (tertiary/aromatic N) is 2. The monoisotopic (exact) mass is 574 g/mol. The van der Waals surface area contributed by atoms with Gasteiger partial charge in [-0.2, -0.15) is 0 Å². The van der Waals surface area contributed by atoms with Gasteiger partial charge >= 0.3 is 0 Å². The minimum atomic E-state index is 0.885. The van der Waals surface area contributed by atoms with E-state index in [1.165, 1.54) is 43.6 Å². The average Bonchev–Trinajstić information content (AvgIpc) is 3.76. The fourth-order valence-electron chi connectivity index (χ4n) is 7.42. The second kappa shape index (κ2) is 9.22. The summed E-state index contributed by atoms with van der Waals surface area (Å²) >= 11 is 0. The average molecular weight is 575 g/mol. The highest BCUT2D eigenvalue weighted by Gasteiger charge is 2.19. The predicted octanol–water partition coefficient (Wildman–Crippen LogP) is 11.4. The number of hydrogen-bond acceptors (Lipinski definition) is 1. The van der Waals surface area contributed by atoms with Crippen LogP contribution in [0.3, 0.4) is 0 Å². The summed E-state index contributed by atoms with van der Waals surface area (Å²) in [5.74, 6) is 0. The minimum absolute atomic E-state index is 0.885. The van der Waals surface area contributed by atoms with Crippen molar-refractivity contribution in [1.82, 2.24) is 9.13 Å². The molecule has 3 heterocycles. The Morgan fingerprint density at radius 1 is 0.356 bits per heavy atom. The molecular weight excluding hydrogens is 548 g/mol. The van der Waals surface area contributed by atoms with Crippen LogP contribution in [0.2, 0.25) is 0 Å². The molecule has 210 valence electrons. The topological polar surface area (TPSA) is 23.0 Å². The van der Waals surface area contributed by atoms with Crippen molar-refractivity contribution in [2.45, 2.75) is 0 Å². The van der Waals surface area contributed by atoms with Crippen LogP contribution in [0.1, 0.15) is 0 Å². The van der Waals surface area contributed by atoms with E-state index in [0.29, 0.717) is 0 Å². The Hall–Kier alpha value is -6.06. The Kier molecular flexibility index (Phi) is 5.00. The molecule has 0 aliphatic rings. The van der Waals surface area contributed by atoms with E-state index >= 15 is 0 Å². The van der Waals surface area contributed by atoms with E-state index in [0.717, 1.165) is 44.4 Å². The van der Waals surface area contributed by atoms with Crippen molar-refractivity contribution in [3.8, 4) is 22.5 Å². The summed E-state index contributed by atoms with van der Waals surface area (Å²) in [7, 11) is 0. The number of fused-ring (bicyclic) bond motifs is 9. The fraction of sp³-hybridized carbons (Fsp3) is 0. The van der Waals surface area contributed by atoms with E-state index in [1.54, 1.807) is 0 Å². The van der Waals surface area contributed by atoms with Gasteiger partial charge < -0.3 is 13.6 Å². The van der Waals surface area contributed by atoms with Crippen molar-refractivity contribution in [1.29, 1.82) is 0 Å². The molecular formula is C42H26N2O. The van der Waals surface area contributed by atoms with Gasteiger partial charge in [-0.3, -0.25) is 0 Å². The molecule has 0 bridgehead atoms. The molecule has 0 amide bonds. The van der Waals surface area contributed by atoms with Gasteiger partial charge in [-0.25, -0.2) is 0 Å². The van der Waals surface area contributed by atoms with Crippen molar-refractivity contribution in [2.75, 3.05) is 0 Å². The summed E-state index contributed by atoms with van der Waals surface area (Å²) < 4.78 is 11.5. The first-order valence-corrected chi connectivity index (χ1v) is 15.4. The summed E-state index contributed by atoms with van der Waals surface area (Å²) in [5, 5.41) is 7.25. The Morgan fingerprint density at radius 3 is 1.47 bits per heavy atom. The number of rotatable bonds is 3. The minimum Gasteiger partial charge on any atom is -0.455 e. The van der Waals surface area contributed by atoms with Crippen molar-refractivity contribution >= 4 is 65.6 Å². The van der Waals surface area contributed by atoms with Crippen LogP contribution in [0.25, 0.3) is 88.1 Å². The zero-order valence-electron chi connectivity index (χ0n) is 24.3. The van der Waals surface area contributed by atoms with Gasteiger partial charge in [0, 0.05) is 49.1 Å². The van der Waals surface area contributed by atoms with Crippen molar-refractivity contribution < 1.29 is 4.42 Å². The number of furan rings is 1. The van der Waals surface area contributed by atoms with E-state index in [4.69, 9.17) is 4.42 Å². The van der Waals surface area contributed by atoms with Crippen LogP contribution in [0, 0.1) is 0 Å². The predicted molar refractivity (Wildman–Crippen MR) is 188 cm³/mol. The molecule has 0 fully saturated rings. The van der Waals surface area contributed by atoms with Crippen LogP contribution < -0.4 is 0 Å². The quantitative estimate of drug-likeness (QED) is 0.206. The van der Waals surface area contributed by atoms with Gasteiger partial charge in [0.15, 0.2) is 0 Å². The van der Waals surface area contributed by atoms with Gasteiger partial charge in [0.2, 0.25) is 0 Å². The summed E-state index contributed by atoms with van der Waals surface area (Å²) in [6.45, 7) is 0. The molecule has 0 atom stereocenters. The van der Waals surface area contributed by atoms with Crippen LogP contribution in [-0.4, -0.2) is 9.13 Å². The van der Waals surface area contributed by atoms with E-state index in [2.05, 4.69) is 167 Å². The van der Waals surface area contributed by atoms with Crippen LogP contribution in [0.5, 0.6) is 0 Å². The molecule has 7 aromatic carbocycles. The Bertz CT molecular complexity index is 2670.